The summed E-state index contributed by atoms with van der Waals surface area (Å²) in [7, 11) is 0. The van der Waals surface area contributed by atoms with Crippen molar-refractivity contribution < 1.29 is 14.3 Å². The van der Waals surface area contributed by atoms with E-state index in [9.17, 15) is 4.79 Å². The van der Waals surface area contributed by atoms with Crippen LogP contribution in [0.3, 0.4) is 0 Å². The van der Waals surface area contributed by atoms with E-state index in [2.05, 4.69) is 4.98 Å². The second kappa shape index (κ2) is 4.18. The number of aryl methyl sites for hydroxylation is 1. The molecule has 2 aromatic rings. The molecule has 0 aliphatic carbocycles. The van der Waals surface area contributed by atoms with Gasteiger partial charge >= 0.3 is 5.97 Å². The summed E-state index contributed by atoms with van der Waals surface area (Å²) in [6.07, 6.45) is 1.37. The van der Waals surface area contributed by atoms with Crippen LogP contribution < -0.4 is 0 Å². The van der Waals surface area contributed by atoms with E-state index in [4.69, 9.17) is 9.52 Å². The van der Waals surface area contributed by atoms with E-state index in [0.29, 0.717) is 5.76 Å². The van der Waals surface area contributed by atoms with Crippen LogP contribution >= 0.6 is 0 Å². The lowest BCUT2D eigenvalue weighted by Crippen LogP contribution is -1.99. The maximum Gasteiger partial charge on any atom is 0.312 e. The minimum absolute atomic E-state index is 0.189. The molecule has 16 heavy (non-hydrogen) atoms. The fourth-order valence-corrected chi connectivity index (χ4v) is 1.50. The Bertz CT molecular complexity index is 516. The smallest absolute Gasteiger partial charge is 0.312 e. The highest BCUT2D eigenvalue weighted by Crippen LogP contribution is 2.23. The first-order valence-electron chi connectivity index (χ1n) is 4.89. The van der Waals surface area contributed by atoms with Crippen LogP contribution in [0.5, 0.6) is 0 Å². The first kappa shape index (κ1) is 10.4. The highest BCUT2D eigenvalue weighted by Gasteiger charge is 2.10. The van der Waals surface area contributed by atoms with Crippen molar-refractivity contribution in [3.63, 3.8) is 0 Å². The largest absolute Gasteiger partial charge is 0.481 e. The molecule has 1 aromatic carbocycles. The Kier molecular flexibility index (Phi) is 2.72. The molecule has 2 rings (SSSR count). The molecular weight excluding hydrogens is 206 g/mol. The summed E-state index contributed by atoms with van der Waals surface area (Å²) in [4.78, 5) is 14.4. The van der Waals surface area contributed by atoms with Crippen LogP contribution in [-0.2, 0) is 11.2 Å². The topological polar surface area (TPSA) is 63.3 Å². The second-order valence-electron chi connectivity index (χ2n) is 3.50. The predicted molar refractivity (Wildman–Crippen MR) is 58.0 cm³/mol. The van der Waals surface area contributed by atoms with Gasteiger partial charge in [-0.3, -0.25) is 4.79 Å². The van der Waals surface area contributed by atoms with E-state index in [1.54, 1.807) is 6.20 Å². The minimum atomic E-state index is -0.946. The quantitative estimate of drug-likeness (QED) is 0.856. The number of hydrogen-bond acceptors (Lipinski definition) is 3. The van der Waals surface area contributed by atoms with Gasteiger partial charge in [0.1, 0.15) is 6.42 Å². The van der Waals surface area contributed by atoms with E-state index >= 15 is 0 Å². The van der Waals surface area contributed by atoms with Gasteiger partial charge in [0.25, 0.3) is 0 Å². The Morgan fingerprint density at radius 3 is 2.88 bits per heavy atom. The SMILES string of the molecule is Cc1ccccc1-c1cnc(CC(=O)O)o1. The van der Waals surface area contributed by atoms with Crippen LogP contribution in [0.1, 0.15) is 11.5 Å². The van der Waals surface area contributed by atoms with Crippen LogP contribution in [0.2, 0.25) is 0 Å². The Morgan fingerprint density at radius 2 is 2.19 bits per heavy atom. The molecule has 4 heteroatoms. The van der Waals surface area contributed by atoms with Crippen molar-refractivity contribution in [3.8, 4) is 11.3 Å². The lowest BCUT2D eigenvalue weighted by Gasteiger charge is -1.99. The van der Waals surface area contributed by atoms with Crippen molar-refractivity contribution in [2.45, 2.75) is 13.3 Å². The van der Waals surface area contributed by atoms with Gasteiger partial charge in [0.15, 0.2) is 5.76 Å². The van der Waals surface area contributed by atoms with Crippen LogP contribution in [0.4, 0.5) is 0 Å². The molecule has 0 fully saturated rings. The van der Waals surface area contributed by atoms with Gasteiger partial charge in [-0.2, -0.15) is 0 Å². The summed E-state index contributed by atoms with van der Waals surface area (Å²) >= 11 is 0. The molecule has 1 heterocycles. The molecule has 0 amide bonds. The molecule has 0 saturated heterocycles. The van der Waals surface area contributed by atoms with Crippen LogP contribution in [-0.4, -0.2) is 16.1 Å². The molecule has 0 aliphatic rings. The number of carbonyl (C=O) groups is 1. The van der Waals surface area contributed by atoms with E-state index in [-0.39, 0.29) is 12.3 Å². The molecule has 0 unspecified atom stereocenters. The van der Waals surface area contributed by atoms with Crippen molar-refractivity contribution in [2.75, 3.05) is 0 Å². The van der Waals surface area contributed by atoms with Crippen molar-refractivity contribution in [3.05, 3.63) is 41.9 Å². The van der Waals surface area contributed by atoms with E-state index in [1.807, 2.05) is 31.2 Å². The summed E-state index contributed by atoms with van der Waals surface area (Å²) in [5.74, 6) is -0.113. The molecule has 0 spiro atoms. The summed E-state index contributed by atoms with van der Waals surface area (Å²) in [6, 6.07) is 7.73. The Morgan fingerprint density at radius 1 is 1.44 bits per heavy atom. The molecule has 0 bridgehead atoms. The number of benzene rings is 1. The monoisotopic (exact) mass is 217 g/mol. The summed E-state index contributed by atoms with van der Waals surface area (Å²) in [5.41, 5.74) is 2.01. The number of carboxylic acids is 1. The Hall–Kier alpha value is -2.10. The van der Waals surface area contributed by atoms with Crippen LogP contribution in [0.25, 0.3) is 11.3 Å². The number of hydrogen-bond donors (Lipinski definition) is 1. The van der Waals surface area contributed by atoms with E-state index < -0.39 is 5.97 Å². The van der Waals surface area contributed by atoms with Gasteiger partial charge in [-0.1, -0.05) is 24.3 Å². The third-order valence-electron chi connectivity index (χ3n) is 2.27. The van der Waals surface area contributed by atoms with Crippen molar-refractivity contribution in [1.82, 2.24) is 4.98 Å². The average Bonchev–Trinajstić information content (AvgIpc) is 2.66. The molecule has 1 aromatic heterocycles. The van der Waals surface area contributed by atoms with E-state index in [0.717, 1.165) is 11.1 Å². The fraction of sp³-hybridized carbons (Fsp3) is 0.167. The van der Waals surface area contributed by atoms with Crippen LogP contribution in [0, 0.1) is 6.92 Å². The Labute approximate surface area is 92.6 Å². The van der Waals surface area contributed by atoms with Gasteiger partial charge in [-0.05, 0) is 12.5 Å². The van der Waals surface area contributed by atoms with Gasteiger partial charge in [0.2, 0.25) is 5.89 Å². The molecule has 0 atom stereocenters. The molecule has 0 saturated carbocycles. The highest BCUT2D eigenvalue weighted by atomic mass is 16.4. The Balaban J connectivity index is 2.32. The molecular formula is C12H11NO3. The maximum absolute atomic E-state index is 10.5. The third kappa shape index (κ3) is 2.11. The zero-order valence-electron chi connectivity index (χ0n) is 8.80. The number of carboxylic acid groups (broad SMARTS) is 1. The zero-order chi connectivity index (χ0) is 11.5. The van der Waals surface area contributed by atoms with Crippen LogP contribution in [0.15, 0.2) is 34.9 Å². The summed E-state index contributed by atoms with van der Waals surface area (Å²) < 4.78 is 5.37. The van der Waals surface area contributed by atoms with Gasteiger partial charge < -0.3 is 9.52 Å². The van der Waals surface area contributed by atoms with Gasteiger partial charge in [0.05, 0.1) is 6.20 Å². The number of rotatable bonds is 3. The number of nitrogens with zero attached hydrogens (tertiary/aromatic N) is 1. The maximum atomic E-state index is 10.5. The summed E-state index contributed by atoms with van der Waals surface area (Å²) in [6.45, 7) is 1.97. The molecule has 82 valence electrons. The average molecular weight is 217 g/mol. The van der Waals surface area contributed by atoms with Crippen molar-refractivity contribution in [1.29, 1.82) is 0 Å². The number of aromatic nitrogens is 1. The highest BCUT2D eigenvalue weighted by molar-refractivity contribution is 5.69. The minimum Gasteiger partial charge on any atom is -0.481 e. The second-order valence-corrected chi connectivity index (χ2v) is 3.50. The lowest BCUT2D eigenvalue weighted by atomic mass is 10.1. The predicted octanol–water partition coefficient (Wildman–Crippen LogP) is 2.28. The van der Waals surface area contributed by atoms with Gasteiger partial charge in [0, 0.05) is 5.56 Å². The normalized spacial score (nSPS) is 10.3. The first-order chi connectivity index (χ1) is 7.66. The zero-order valence-corrected chi connectivity index (χ0v) is 8.80. The lowest BCUT2D eigenvalue weighted by molar-refractivity contribution is -0.136. The molecule has 0 radical (unpaired) electrons. The first-order valence-corrected chi connectivity index (χ1v) is 4.89. The third-order valence-corrected chi connectivity index (χ3v) is 2.27. The molecule has 0 aliphatic heterocycles. The number of oxazole rings is 1. The standard InChI is InChI=1S/C12H11NO3/c1-8-4-2-3-5-9(8)10-7-13-11(16-10)6-12(14)15/h2-5,7H,6H2,1H3,(H,14,15). The molecule has 4 nitrogen and oxygen atoms in total. The fourth-order valence-electron chi connectivity index (χ4n) is 1.50. The van der Waals surface area contributed by atoms with Gasteiger partial charge in [-0.25, -0.2) is 4.98 Å². The number of aliphatic carboxylic acids is 1. The van der Waals surface area contributed by atoms with Gasteiger partial charge in [-0.15, -0.1) is 0 Å². The molecule has 1 N–H and O–H groups in total. The summed E-state index contributed by atoms with van der Waals surface area (Å²) in [5, 5.41) is 8.60. The van der Waals surface area contributed by atoms with Crippen molar-refractivity contribution >= 4 is 5.97 Å². The van der Waals surface area contributed by atoms with Crippen molar-refractivity contribution in [2.24, 2.45) is 0 Å². The van der Waals surface area contributed by atoms with E-state index in [1.165, 1.54) is 0 Å².